The molecule has 0 aliphatic rings. The quantitative estimate of drug-likeness (QED) is 0.709. The third kappa shape index (κ3) is 2.03. The van der Waals surface area contributed by atoms with Crippen LogP contribution in [0.25, 0.3) is 0 Å². The Bertz CT molecular complexity index is 252. The first-order chi connectivity index (χ1) is 5.75. The van der Waals surface area contributed by atoms with Gasteiger partial charge in [-0.2, -0.15) is 0 Å². The van der Waals surface area contributed by atoms with Gasteiger partial charge in [-0.3, -0.25) is 0 Å². The summed E-state index contributed by atoms with van der Waals surface area (Å²) in [6.07, 6.45) is -0.767. The summed E-state index contributed by atoms with van der Waals surface area (Å²) in [6.45, 7) is 0.362. The molecule has 0 radical (unpaired) electrons. The van der Waals surface area contributed by atoms with Crippen LogP contribution in [0.5, 0.6) is 0 Å². The van der Waals surface area contributed by atoms with Crippen molar-refractivity contribution < 1.29 is 9.50 Å². The number of nitrogens with one attached hydrogen (secondary N) is 1. The second-order valence-corrected chi connectivity index (χ2v) is 2.59. The smallest absolute Gasteiger partial charge is 0.129 e. The maximum atomic E-state index is 13.0. The molecule has 0 fully saturated rings. The maximum Gasteiger partial charge on any atom is 0.129 e. The van der Waals surface area contributed by atoms with Crippen molar-refractivity contribution >= 4 is 0 Å². The zero-order valence-corrected chi connectivity index (χ0v) is 6.92. The first-order valence-electron chi connectivity index (χ1n) is 3.83. The Hall–Kier alpha value is -0.930. The average molecular weight is 169 g/mol. The predicted molar refractivity (Wildman–Crippen MR) is 45.3 cm³/mol. The molecule has 12 heavy (non-hydrogen) atoms. The normalized spacial score (nSPS) is 12.9. The molecule has 0 heterocycles. The molecule has 1 rings (SSSR count). The van der Waals surface area contributed by atoms with Gasteiger partial charge in [0.05, 0.1) is 6.10 Å². The second kappa shape index (κ2) is 4.18. The van der Waals surface area contributed by atoms with Gasteiger partial charge in [-0.1, -0.05) is 18.2 Å². The summed E-state index contributed by atoms with van der Waals surface area (Å²) in [5.41, 5.74) is 0.340. The van der Waals surface area contributed by atoms with Gasteiger partial charge in [0.25, 0.3) is 0 Å². The van der Waals surface area contributed by atoms with Crippen molar-refractivity contribution in [2.24, 2.45) is 0 Å². The standard InChI is InChI=1S/C9H12FNO/c1-11-6-9(12)7-4-2-3-5-8(7)10/h2-5,9,11-12H,6H2,1H3/t9-/m1/s1. The first kappa shape index (κ1) is 9.16. The van der Waals surface area contributed by atoms with Gasteiger partial charge in [0.1, 0.15) is 5.82 Å². The fourth-order valence-corrected chi connectivity index (χ4v) is 1.05. The van der Waals surface area contributed by atoms with Crippen LogP contribution in [0.15, 0.2) is 24.3 Å². The number of hydrogen-bond acceptors (Lipinski definition) is 2. The van der Waals surface area contributed by atoms with Crippen LogP contribution in [-0.4, -0.2) is 18.7 Å². The summed E-state index contributed by atoms with van der Waals surface area (Å²) >= 11 is 0. The Morgan fingerprint density at radius 2 is 2.17 bits per heavy atom. The van der Waals surface area contributed by atoms with Gasteiger partial charge < -0.3 is 10.4 Å². The van der Waals surface area contributed by atoms with Crippen LogP contribution in [0.1, 0.15) is 11.7 Å². The van der Waals surface area contributed by atoms with Gasteiger partial charge in [-0.25, -0.2) is 4.39 Å². The third-order valence-electron chi connectivity index (χ3n) is 1.66. The van der Waals surface area contributed by atoms with E-state index in [1.807, 2.05) is 0 Å². The van der Waals surface area contributed by atoms with Crippen LogP contribution >= 0.6 is 0 Å². The van der Waals surface area contributed by atoms with E-state index in [9.17, 15) is 9.50 Å². The number of aliphatic hydroxyl groups excluding tert-OH is 1. The number of hydrogen-bond donors (Lipinski definition) is 2. The first-order valence-corrected chi connectivity index (χ1v) is 3.83. The van der Waals surface area contributed by atoms with Crippen LogP contribution in [-0.2, 0) is 0 Å². The molecule has 0 aromatic heterocycles. The molecule has 0 saturated heterocycles. The van der Waals surface area contributed by atoms with E-state index >= 15 is 0 Å². The van der Waals surface area contributed by atoms with Crippen molar-refractivity contribution in [2.45, 2.75) is 6.10 Å². The lowest BCUT2D eigenvalue weighted by molar-refractivity contribution is 0.173. The van der Waals surface area contributed by atoms with Gasteiger partial charge in [0.15, 0.2) is 0 Å². The van der Waals surface area contributed by atoms with Crippen molar-refractivity contribution in [3.63, 3.8) is 0 Å². The van der Waals surface area contributed by atoms with E-state index in [2.05, 4.69) is 5.32 Å². The summed E-state index contributed by atoms with van der Waals surface area (Å²) in [6, 6.07) is 6.23. The Morgan fingerprint density at radius 3 is 2.75 bits per heavy atom. The summed E-state index contributed by atoms with van der Waals surface area (Å²) in [5.74, 6) is -0.361. The SMILES string of the molecule is CNC[C@@H](O)c1ccccc1F. The molecule has 0 spiro atoms. The number of aliphatic hydroxyl groups is 1. The fourth-order valence-electron chi connectivity index (χ4n) is 1.05. The van der Waals surface area contributed by atoms with Gasteiger partial charge in [0, 0.05) is 12.1 Å². The molecule has 3 heteroatoms. The topological polar surface area (TPSA) is 32.3 Å². The van der Waals surface area contributed by atoms with E-state index < -0.39 is 6.10 Å². The molecule has 2 nitrogen and oxygen atoms in total. The maximum absolute atomic E-state index is 13.0. The minimum atomic E-state index is -0.767. The molecular weight excluding hydrogens is 157 g/mol. The molecule has 0 aliphatic carbocycles. The minimum absolute atomic E-state index is 0.340. The molecule has 0 unspecified atom stereocenters. The van der Waals surface area contributed by atoms with Crippen LogP contribution in [0.4, 0.5) is 4.39 Å². The lowest BCUT2D eigenvalue weighted by Crippen LogP contribution is -2.17. The van der Waals surface area contributed by atoms with Crippen molar-refractivity contribution in [1.82, 2.24) is 5.32 Å². The number of rotatable bonds is 3. The fraction of sp³-hybridized carbons (Fsp3) is 0.333. The monoisotopic (exact) mass is 169 g/mol. The lowest BCUT2D eigenvalue weighted by atomic mass is 10.1. The Balaban J connectivity index is 2.79. The molecule has 2 N–H and O–H groups in total. The van der Waals surface area contributed by atoms with Gasteiger partial charge in [-0.15, -0.1) is 0 Å². The van der Waals surface area contributed by atoms with Crippen LogP contribution < -0.4 is 5.32 Å². The van der Waals surface area contributed by atoms with E-state index in [4.69, 9.17) is 0 Å². The van der Waals surface area contributed by atoms with Gasteiger partial charge in [-0.05, 0) is 13.1 Å². The zero-order chi connectivity index (χ0) is 8.97. The summed E-state index contributed by atoms with van der Waals surface area (Å²) in [5, 5.41) is 12.2. The number of benzene rings is 1. The zero-order valence-electron chi connectivity index (χ0n) is 6.92. The lowest BCUT2D eigenvalue weighted by Gasteiger charge is -2.10. The highest BCUT2D eigenvalue weighted by molar-refractivity contribution is 5.19. The van der Waals surface area contributed by atoms with Crippen molar-refractivity contribution in [2.75, 3.05) is 13.6 Å². The summed E-state index contributed by atoms with van der Waals surface area (Å²) in [4.78, 5) is 0. The molecule has 1 aromatic carbocycles. The van der Waals surface area contributed by atoms with E-state index in [0.717, 1.165) is 0 Å². The van der Waals surface area contributed by atoms with E-state index in [0.29, 0.717) is 12.1 Å². The molecule has 0 saturated carbocycles. The highest BCUT2D eigenvalue weighted by Crippen LogP contribution is 2.15. The van der Waals surface area contributed by atoms with E-state index in [-0.39, 0.29) is 5.82 Å². The van der Waals surface area contributed by atoms with Crippen LogP contribution in [0, 0.1) is 5.82 Å². The van der Waals surface area contributed by atoms with E-state index in [1.165, 1.54) is 6.07 Å². The number of halogens is 1. The van der Waals surface area contributed by atoms with Gasteiger partial charge in [0.2, 0.25) is 0 Å². The Labute approximate surface area is 71.0 Å². The third-order valence-corrected chi connectivity index (χ3v) is 1.66. The average Bonchev–Trinajstić information content (AvgIpc) is 2.05. The molecular formula is C9H12FNO. The molecule has 1 aromatic rings. The molecule has 0 amide bonds. The highest BCUT2D eigenvalue weighted by atomic mass is 19.1. The Kier molecular flexibility index (Phi) is 3.19. The van der Waals surface area contributed by atoms with Crippen molar-refractivity contribution in [3.05, 3.63) is 35.6 Å². The predicted octanol–water partition coefficient (Wildman–Crippen LogP) is 1.08. The Morgan fingerprint density at radius 1 is 1.50 bits per heavy atom. The minimum Gasteiger partial charge on any atom is -0.387 e. The second-order valence-electron chi connectivity index (χ2n) is 2.59. The number of likely N-dealkylation sites (N-methyl/N-ethyl adjacent to an activating group) is 1. The summed E-state index contributed by atoms with van der Waals surface area (Å²) in [7, 11) is 1.71. The van der Waals surface area contributed by atoms with E-state index in [1.54, 1.807) is 25.2 Å². The van der Waals surface area contributed by atoms with Crippen molar-refractivity contribution in [1.29, 1.82) is 0 Å². The largest absolute Gasteiger partial charge is 0.387 e. The molecule has 0 bridgehead atoms. The summed E-state index contributed by atoms with van der Waals surface area (Å²) < 4.78 is 13.0. The molecule has 66 valence electrons. The highest BCUT2D eigenvalue weighted by Gasteiger charge is 2.09. The molecule has 0 aliphatic heterocycles. The molecule has 1 atom stereocenters. The van der Waals surface area contributed by atoms with Crippen LogP contribution in [0.3, 0.4) is 0 Å². The van der Waals surface area contributed by atoms with Gasteiger partial charge >= 0.3 is 0 Å². The van der Waals surface area contributed by atoms with Crippen molar-refractivity contribution in [3.8, 4) is 0 Å². The van der Waals surface area contributed by atoms with Crippen LogP contribution in [0.2, 0.25) is 0 Å².